The first-order valence-corrected chi connectivity index (χ1v) is 9.90. The Kier molecular flexibility index (Phi) is 4.52. The van der Waals surface area contributed by atoms with Crippen molar-refractivity contribution in [2.24, 2.45) is 0 Å². The number of hydrogen-bond acceptors (Lipinski definition) is 6. The molecule has 0 bridgehead atoms. The van der Waals surface area contributed by atoms with Gasteiger partial charge < -0.3 is 5.32 Å². The minimum Gasteiger partial charge on any atom is -0.343 e. The molecule has 1 aromatic carbocycles. The van der Waals surface area contributed by atoms with E-state index in [1.807, 2.05) is 29.6 Å². The lowest BCUT2D eigenvalue weighted by molar-refractivity contribution is 0.0944. The molecular formula is C20H14FN7OS. The number of carbonyl (C=O) groups is 1. The second-order valence-electron chi connectivity index (χ2n) is 6.44. The van der Waals surface area contributed by atoms with Crippen LogP contribution < -0.4 is 5.32 Å². The predicted octanol–water partition coefficient (Wildman–Crippen LogP) is 3.31. The Morgan fingerprint density at radius 3 is 2.77 bits per heavy atom. The molecule has 148 valence electrons. The van der Waals surface area contributed by atoms with Gasteiger partial charge in [0.2, 0.25) is 0 Å². The smallest absolute Gasteiger partial charge is 0.269 e. The molecule has 0 aliphatic carbocycles. The monoisotopic (exact) mass is 419 g/mol. The first kappa shape index (κ1) is 18.1. The van der Waals surface area contributed by atoms with E-state index in [9.17, 15) is 9.18 Å². The molecule has 2 N–H and O–H groups in total. The molecular weight excluding hydrogens is 405 g/mol. The van der Waals surface area contributed by atoms with Crippen LogP contribution in [0.25, 0.3) is 27.5 Å². The average Bonchev–Trinajstić information content (AvgIpc) is 3.53. The fourth-order valence-electron chi connectivity index (χ4n) is 2.96. The number of nitrogens with zero attached hydrogens (tertiary/aromatic N) is 5. The largest absolute Gasteiger partial charge is 0.343 e. The summed E-state index contributed by atoms with van der Waals surface area (Å²) in [6.45, 7) is 0.145. The highest BCUT2D eigenvalue weighted by molar-refractivity contribution is 7.13. The van der Waals surface area contributed by atoms with Crippen molar-refractivity contribution in [2.75, 3.05) is 0 Å². The van der Waals surface area contributed by atoms with Crippen LogP contribution >= 0.6 is 11.3 Å². The molecule has 0 saturated heterocycles. The predicted molar refractivity (Wildman–Crippen MR) is 109 cm³/mol. The lowest BCUT2D eigenvalue weighted by Gasteiger charge is -2.03. The summed E-state index contributed by atoms with van der Waals surface area (Å²) in [6.07, 6.45) is 0. The van der Waals surface area contributed by atoms with Crippen LogP contribution in [0.5, 0.6) is 0 Å². The maximum Gasteiger partial charge on any atom is 0.269 e. The van der Waals surface area contributed by atoms with Crippen molar-refractivity contribution < 1.29 is 9.18 Å². The van der Waals surface area contributed by atoms with Crippen molar-refractivity contribution in [1.29, 1.82) is 0 Å². The zero-order valence-corrected chi connectivity index (χ0v) is 16.2. The zero-order chi connectivity index (χ0) is 20.5. The zero-order valence-electron chi connectivity index (χ0n) is 15.4. The molecule has 0 saturated carbocycles. The van der Waals surface area contributed by atoms with E-state index >= 15 is 0 Å². The summed E-state index contributed by atoms with van der Waals surface area (Å²) in [7, 11) is 0. The second-order valence-corrected chi connectivity index (χ2v) is 7.39. The number of halogens is 1. The van der Waals surface area contributed by atoms with Crippen LogP contribution in [0.2, 0.25) is 0 Å². The fraction of sp³-hybridized carbons (Fsp3) is 0.0500. The summed E-state index contributed by atoms with van der Waals surface area (Å²) in [5, 5.41) is 24.4. The normalized spacial score (nSPS) is 11.1. The van der Waals surface area contributed by atoms with E-state index < -0.39 is 0 Å². The van der Waals surface area contributed by atoms with Crippen molar-refractivity contribution in [2.45, 2.75) is 6.54 Å². The number of carbonyl (C=O) groups excluding carboxylic acids is 1. The quantitative estimate of drug-likeness (QED) is 0.455. The minimum atomic E-state index is -0.345. The third kappa shape index (κ3) is 3.44. The maximum absolute atomic E-state index is 13.1. The van der Waals surface area contributed by atoms with E-state index in [0.717, 1.165) is 10.6 Å². The van der Waals surface area contributed by atoms with Gasteiger partial charge in [-0.25, -0.2) is 4.39 Å². The standard InChI is InChI=1S/C20H14FN7OS/c21-13-5-3-12(4-6-13)15-10-16(24-23-15)20(29)22-11-19-26-25-18-8-7-14(27-28(18)19)17-2-1-9-30-17/h1-10H,11H2,(H,22,29)(H,23,24). The Bertz CT molecular complexity index is 1330. The van der Waals surface area contributed by atoms with Gasteiger partial charge in [0.05, 0.1) is 17.1 Å². The maximum atomic E-state index is 13.1. The molecule has 0 unspecified atom stereocenters. The average molecular weight is 419 g/mol. The number of amides is 1. The second kappa shape index (κ2) is 7.48. The number of H-pyrrole nitrogens is 1. The number of nitrogens with one attached hydrogen (secondary N) is 2. The van der Waals surface area contributed by atoms with Crippen LogP contribution in [0, 0.1) is 5.82 Å². The van der Waals surface area contributed by atoms with Gasteiger partial charge in [-0.2, -0.15) is 14.7 Å². The molecule has 8 nitrogen and oxygen atoms in total. The number of benzene rings is 1. The summed E-state index contributed by atoms with van der Waals surface area (Å²) in [4.78, 5) is 13.5. The Morgan fingerprint density at radius 1 is 1.10 bits per heavy atom. The van der Waals surface area contributed by atoms with Crippen molar-refractivity contribution in [1.82, 2.24) is 35.3 Å². The van der Waals surface area contributed by atoms with Gasteiger partial charge >= 0.3 is 0 Å². The third-order valence-electron chi connectivity index (χ3n) is 4.47. The topological polar surface area (TPSA) is 101 Å². The van der Waals surface area contributed by atoms with E-state index in [-0.39, 0.29) is 24.0 Å². The van der Waals surface area contributed by atoms with Gasteiger partial charge in [0.25, 0.3) is 5.91 Å². The Hall–Kier alpha value is -3.92. The minimum absolute atomic E-state index is 0.145. The molecule has 0 radical (unpaired) electrons. The van der Waals surface area contributed by atoms with Crippen LogP contribution in [-0.2, 0) is 6.54 Å². The number of thiophene rings is 1. The molecule has 10 heteroatoms. The number of fused-ring (bicyclic) bond motifs is 1. The Balaban J connectivity index is 1.32. The summed E-state index contributed by atoms with van der Waals surface area (Å²) in [5.74, 6) is -0.166. The van der Waals surface area contributed by atoms with Crippen LogP contribution in [0.4, 0.5) is 4.39 Å². The first-order chi connectivity index (χ1) is 14.7. The molecule has 4 aromatic heterocycles. The van der Waals surface area contributed by atoms with Gasteiger partial charge in [-0.05, 0) is 53.9 Å². The van der Waals surface area contributed by atoms with Crippen molar-refractivity contribution >= 4 is 22.9 Å². The van der Waals surface area contributed by atoms with Crippen LogP contribution in [0.1, 0.15) is 16.3 Å². The molecule has 0 aliphatic rings. The number of hydrogen-bond donors (Lipinski definition) is 2. The van der Waals surface area contributed by atoms with Crippen molar-refractivity contribution in [3.05, 3.63) is 77.3 Å². The number of aromatic amines is 1. The summed E-state index contributed by atoms with van der Waals surface area (Å²) < 4.78 is 14.7. The highest BCUT2D eigenvalue weighted by Gasteiger charge is 2.14. The fourth-order valence-corrected chi connectivity index (χ4v) is 3.65. The highest BCUT2D eigenvalue weighted by Crippen LogP contribution is 2.22. The third-order valence-corrected chi connectivity index (χ3v) is 5.36. The molecule has 0 fully saturated rings. The van der Waals surface area contributed by atoms with Gasteiger partial charge in [-0.15, -0.1) is 21.5 Å². The molecule has 4 heterocycles. The van der Waals surface area contributed by atoms with Gasteiger partial charge in [-0.1, -0.05) is 6.07 Å². The Labute approximate surface area is 173 Å². The van der Waals surface area contributed by atoms with E-state index in [2.05, 4.69) is 30.8 Å². The van der Waals surface area contributed by atoms with E-state index in [1.165, 1.54) is 12.1 Å². The van der Waals surface area contributed by atoms with Gasteiger partial charge in [0.15, 0.2) is 11.5 Å². The summed E-state index contributed by atoms with van der Waals surface area (Å²) in [5.41, 5.74) is 2.95. The van der Waals surface area contributed by atoms with Crippen LogP contribution in [0.15, 0.2) is 60.0 Å². The lowest BCUT2D eigenvalue weighted by atomic mass is 10.1. The van der Waals surface area contributed by atoms with E-state index in [0.29, 0.717) is 22.7 Å². The number of aromatic nitrogens is 6. The van der Waals surface area contributed by atoms with Crippen LogP contribution in [0.3, 0.4) is 0 Å². The molecule has 0 atom stereocenters. The molecule has 30 heavy (non-hydrogen) atoms. The van der Waals surface area contributed by atoms with Gasteiger partial charge in [0, 0.05) is 5.56 Å². The van der Waals surface area contributed by atoms with E-state index in [4.69, 9.17) is 0 Å². The Morgan fingerprint density at radius 2 is 1.97 bits per heavy atom. The summed E-state index contributed by atoms with van der Waals surface area (Å²) in [6, 6.07) is 15.2. The van der Waals surface area contributed by atoms with Gasteiger partial charge in [-0.3, -0.25) is 9.89 Å². The number of rotatable bonds is 5. The van der Waals surface area contributed by atoms with Crippen molar-refractivity contribution in [3.63, 3.8) is 0 Å². The highest BCUT2D eigenvalue weighted by atomic mass is 32.1. The van der Waals surface area contributed by atoms with Crippen LogP contribution in [-0.4, -0.2) is 35.9 Å². The van der Waals surface area contributed by atoms with Gasteiger partial charge in [0.1, 0.15) is 17.2 Å². The molecule has 0 spiro atoms. The van der Waals surface area contributed by atoms with Crippen molar-refractivity contribution in [3.8, 4) is 21.8 Å². The molecule has 5 aromatic rings. The first-order valence-electron chi connectivity index (χ1n) is 9.02. The van der Waals surface area contributed by atoms with E-state index in [1.54, 1.807) is 34.1 Å². The molecule has 1 amide bonds. The summed E-state index contributed by atoms with van der Waals surface area (Å²) >= 11 is 1.59. The lowest BCUT2D eigenvalue weighted by Crippen LogP contribution is -2.24. The SMILES string of the molecule is O=C(NCc1nnc2ccc(-c3cccs3)nn12)c1cc(-c2ccc(F)cc2)n[nH]1. The molecule has 5 rings (SSSR count). The molecule has 0 aliphatic heterocycles.